The van der Waals surface area contributed by atoms with Gasteiger partial charge in [0.15, 0.2) is 0 Å². The van der Waals surface area contributed by atoms with Crippen molar-refractivity contribution in [2.24, 2.45) is 0 Å². The van der Waals surface area contributed by atoms with E-state index in [1.807, 2.05) is 0 Å². The Labute approximate surface area is 52.8 Å². The number of hydrogen-bond acceptors (Lipinski definition) is 3. The maximum atomic E-state index is 10.2. The molecule has 0 radical (unpaired) electrons. The highest BCUT2D eigenvalue weighted by Gasteiger charge is 1.86. The van der Waals surface area contributed by atoms with E-state index in [1.54, 1.807) is 0 Å². The first-order valence-electron chi connectivity index (χ1n) is 2.52. The summed E-state index contributed by atoms with van der Waals surface area (Å²) in [6, 6.07) is 0. The van der Waals surface area contributed by atoms with Crippen molar-refractivity contribution in [3.05, 3.63) is 12.2 Å². The number of aliphatic hydroxyl groups excluding tert-OH is 1. The fraction of sp³-hybridized carbons (Fsp3) is 0.400. The second-order valence-electron chi connectivity index (χ2n) is 1.39. The quantitative estimate of drug-likeness (QED) is 0.273. The maximum Gasteiger partial charge on any atom is 0.267 e. The van der Waals surface area contributed by atoms with Crippen molar-refractivity contribution < 1.29 is 15.1 Å². The lowest BCUT2D eigenvalue weighted by Gasteiger charge is -1.86. The van der Waals surface area contributed by atoms with E-state index >= 15 is 0 Å². The van der Waals surface area contributed by atoms with Crippen LogP contribution in [0.1, 0.15) is 6.42 Å². The first kappa shape index (κ1) is 8.13. The van der Waals surface area contributed by atoms with Gasteiger partial charge in [0.25, 0.3) is 5.91 Å². The molecular weight excluding hydrogens is 122 g/mol. The Bertz CT molecular complexity index is 111. The van der Waals surface area contributed by atoms with Crippen molar-refractivity contribution in [2.45, 2.75) is 6.42 Å². The number of carbonyl (C=O) groups excluding carboxylic acids is 1. The Morgan fingerprint density at radius 1 is 1.67 bits per heavy atom. The highest BCUT2D eigenvalue weighted by molar-refractivity contribution is 5.86. The summed E-state index contributed by atoms with van der Waals surface area (Å²) in [6.07, 6.45) is 3.04. The molecule has 4 nitrogen and oxygen atoms in total. The molecule has 52 valence electrons. The minimum atomic E-state index is -0.580. The van der Waals surface area contributed by atoms with Crippen molar-refractivity contribution in [3.8, 4) is 0 Å². The Hall–Kier alpha value is -0.870. The minimum absolute atomic E-state index is 0.00914. The lowest BCUT2D eigenvalue weighted by molar-refractivity contribution is -0.124. The molecule has 0 saturated carbocycles. The normalized spacial score (nSPS) is 10.0. The number of amides is 1. The summed E-state index contributed by atoms with van der Waals surface area (Å²) in [6.45, 7) is 0.00914. The molecule has 0 unspecified atom stereocenters. The largest absolute Gasteiger partial charge is 0.396 e. The second-order valence-corrected chi connectivity index (χ2v) is 1.39. The van der Waals surface area contributed by atoms with Gasteiger partial charge in [-0.1, -0.05) is 6.08 Å². The first-order valence-corrected chi connectivity index (χ1v) is 2.52. The predicted molar refractivity (Wildman–Crippen MR) is 30.8 cm³/mol. The van der Waals surface area contributed by atoms with E-state index < -0.39 is 5.91 Å². The van der Waals surface area contributed by atoms with Crippen LogP contribution in [0.4, 0.5) is 0 Å². The molecule has 0 aromatic heterocycles. The van der Waals surface area contributed by atoms with Crippen molar-refractivity contribution in [2.75, 3.05) is 6.61 Å². The SMILES string of the molecule is O=C(C=CCCO)NO. The summed E-state index contributed by atoms with van der Waals surface area (Å²) in [5.41, 5.74) is 1.42. The van der Waals surface area contributed by atoms with E-state index in [1.165, 1.54) is 11.6 Å². The van der Waals surface area contributed by atoms with E-state index in [9.17, 15) is 4.79 Å². The van der Waals surface area contributed by atoms with Crippen LogP contribution in [0.25, 0.3) is 0 Å². The summed E-state index contributed by atoms with van der Waals surface area (Å²) in [5, 5.41) is 16.1. The van der Waals surface area contributed by atoms with Gasteiger partial charge < -0.3 is 5.11 Å². The molecule has 0 aliphatic rings. The van der Waals surface area contributed by atoms with E-state index in [-0.39, 0.29) is 6.61 Å². The number of rotatable bonds is 3. The van der Waals surface area contributed by atoms with Crippen LogP contribution in [-0.2, 0) is 4.79 Å². The van der Waals surface area contributed by atoms with Crippen LogP contribution in [0.3, 0.4) is 0 Å². The molecule has 0 rings (SSSR count). The monoisotopic (exact) mass is 131 g/mol. The Balaban J connectivity index is 3.32. The summed E-state index contributed by atoms with van der Waals surface area (Å²) in [5.74, 6) is -0.580. The van der Waals surface area contributed by atoms with Gasteiger partial charge in [-0.25, -0.2) is 5.48 Å². The smallest absolute Gasteiger partial charge is 0.267 e. The number of carbonyl (C=O) groups is 1. The fourth-order valence-corrected chi connectivity index (χ4v) is 0.302. The summed E-state index contributed by atoms with van der Waals surface area (Å²) in [7, 11) is 0. The number of aliphatic hydroxyl groups is 1. The van der Waals surface area contributed by atoms with E-state index in [0.717, 1.165) is 6.08 Å². The molecule has 0 spiro atoms. The molecule has 0 aliphatic carbocycles. The third kappa shape index (κ3) is 4.99. The highest BCUT2D eigenvalue weighted by atomic mass is 16.5. The molecule has 0 aliphatic heterocycles. The molecule has 0 bridgehead atoms. The topological polar surface area (TPSA) is 69.6 Å². The van der Waals surface area contributed by atoms with Crippen LogP contribution in [0.5, 0.6) is 0 Å². The van der Waals surface area contributed by atoms with E-state index in [0.29, 0.717) is 6.42 Å². The minimum Gasteiger partial charge on any atom is -0.396 e. The summed E-state index contributed by atoms with van der Waals surface area (Å²) < 4.78 is 0. The number of hydrogen-bond donors (Lipinski definition) is 3. The summed E-state index contributed by atoms with van der Waals surface area (Å²) in [4.78, 5) is 10.2. The fourth-order valence-electron chi connectivity index (χ4n) is 0.302. The predicted octanol–water partition coefficient (Wildman–Crippen LogP) is -0.570. The van der Waals surface area contributed by atoms with Crippen LogP contribution >= 0.6 is 0 Å². The van der Waals surface area contributed by atoms with Crippen molar-refractivity contribution in [1.29, 1.82) is 0 Å². The zero-order chi connectivity index (χ0) is 7.11. The summed E-state index contributed by atoms with van der Waals surface area (Å²) >= 11 is 0. The van der Waals surface area contributed by atoms with Crippen molar-refractivity contribution in [3.63, 3.8) is 0 Å². The molecule has 0 saturated heterocycles. The number of hydroxylamine groups is 1. The first-order chi connectivity index (χ1) is 4.31. The zero-order valence-corrected chi connectivity index (χ0v) is 4.87. The lowest BCUT2D eigenvalue weighted by atomic mass is 10.4. The highest BCUT2D eigenvalue weighted by Crippen LogP contribution is 1.78. The van der Waals surface area contributed by atoms with Crippen LogP contribution < -0.4 is 5.48 Å². The number of nitrogens with one attached hydrogen (secondary N) is 1. The van der Waals surface area contributed by atoms with Crippen LogP contribution in [0, 0.1) is 0 Å². The Kier molecular flexibility index (Phi) is 4.76. The maximum absolute atomic E-state index is 10.2. The molecule has 0 fully saturated rings. The zero-order valence-electron chi connectivity index (χ0n) is 4.87. The van der Waals surface area contributed by atoms with Gasteiger partial charge in [-0.15, -0.1) is 0 Å². The van der Waals surface area contributed by atoms with Gasteiger partial charge in [0.05, 0.1) is 0 Å². The Morgan fingerprint density at radius 3 is 2.78 bits per heavy atom. The second kappa shape index (κ2) is 5.27. The van der Waals surface area contributed by atoms with Gasteiger partial charge in [0.2, 0.25) is 0 Å². The average molecular weight is 131 g/mol. The van der Waals surface area contributed by atoms with Crippen molar-refractivity contribution >= 4 is 5.91 Å². The van der Waals surface area contributed by atoms with Gasteiger partial charge in [0, 0.05) is 12.7 Å². The molecule has 1 amide bonds. The molecule has 0 atom stereocenters. The molecule has 3 N–H and O–H groups in total. The Morgan fingerprint density at radius 2 is 2.33 bits per heavy atom. The van der Waals surface area contributed by atoms with Gasteiger partial charge in [-0.2, -0.15) is 0 Å². The van der Waals surface area contributed by atoms with Gasteiger partial charge >= 0.3 is 0 Å². The van der Waals surface area contributed by atoms with Crippen LogP contribution in [0.15, 0.2) is 12.2 Å². The molecule has 9 heavy (non-hydrogen) atoms. The van der Waals surface area contributed by atoms with Crippen LogP contribution in [0.2, 0.25) is 0 Å². The molecule has 0 aromatic carbocycles. The van der Waals surface area contributed by atoms with Crippen molar-refractivity contribution in [1.82, 2.24) is 5.48 Å². The molecule has 0 heterocycles. The standard InChI is InChI=1S/C5H9NO3/c7-4-2-1-3-5(8)6-9/h1,3,7,9H,2,4H2,(H,6,8). The third-order valence-electron chi connectivity index (χ3n) is 0.675. The lowest BCUT2D eigenvalue weighted by Crippen LogP contribution is -2.14. The molecule has 4 heteroatoms. The van der Waals surface area contributed by atoms with E-state index in [2.05, 4.69) is 0 Å². The van der Waals surface area contributed by atoms with Gasteiger partial charge in [-0.3, -0.25) is 10.0 Å². The molecule has 0 aromatic rings. The average Bonchev–Trinajstić information content (AvgIpc) is 1.89. The van der Waals surface area contributed by atoms with Gasteiger partial charge in [-0.05, 0) is 6.42 Å². The van der Waals surface area contributed by atoms with Gasteiger partial charge in [0.1, 0.15) is 0 Å². The van der Waals surface area contributed by atoms with E-state index in [4.69, 9.17) is 10.3 Å². The molecular formula is C5H9NO3. The third-order valence-corrected chi connectivity index (χ3v) is 0.675. The van der Waals surface area contributed by atoms with Crippen LogP contribution in [-0.4, -0.2) is 22.8 Å².